The Morgan fingerprint density at radius 2 is 1.37 bits per heavy atom. The van der Waals surface area contributed by atoms with Crippen LogP contribution in [0.15, 0.2) is 36.4 Å². The van der Waals surface area contributed by atoms with Crippen LogP contribution in [-0.2, 0) is 32.4 Å². The van der Waals surface area contributed by atoms with E-state index >= 15 is 0 Å². The van der Waals surface area contributed by atoms with E-state index in [1.807, 2.05) is 58.0 Å². The Morgan fingerprint density at radius 3 is 1.98 bits per heavy atom. The summed E-state index contributed by atoms with van der Waals surface area (Å²) in [6.45, 7) is 11.4. The van der Waals surface area contributed by atoms with E-state index in [-0.39, 0.29) is 43.4 Å². The number of rotatable bonds is 10. The van der Waals surface area contributed by atoms with Gasteiger partial charge in [0.05, 0.1) is 24.6 Å². The summed E-state index contributed by atoms with van der Waals surface area (Å²) in [5.74, 6) is -0.211. The van der Waals surface area contributed by atoms with Crippen molar-refractivity contribution in [2.75, 3.05) is 31.6 Å². The number of amides is 1. The molecule has 11 heteroatoms. The van der Waals surface area contributed by atoms with Crippen LogP contribution in [0.25, 0.3) is 11.1 Å². The van der Waals surface area contributed by atoms with Crippen LogP contribution >= 0.6 is 22.7 Å². The minimum Gasteiger partial charge on any atom is -0.395 e. The Balaban J connectivity index is 1.17. The van der Waals surface area contributed by atoms with E-state index < -0.39 is 0 Å². The molecule has 46 heavy (non-hydrogen) atoms. The van der Waals surface area contributed by atoms with Gasteiger partial charge in [0.1, 0.15) is 0 Å². The van der Waals surface area contributed by atoms with Crippen LogP contribution in [-0.4, -0.2) is 80.1 Å². The van der Waals surface area contributed by atoms with Crippen LogP contribution in [0, 0.1) is 13.8 Å². The van der Waals surface area contributed by atoms with Crippen molar-refractivity contribution < 1.29 is 19.8 Å². The van der Waals surface area contributed by atoms with Gasteiger partial charge in [0.2, 0.25) is 0 Å². The molecule has 2 atom stereocenters. The number of hydrogen-bond donors (Lipinski definition) is 3. The summed E-state index contributed by atoms with van der Waals surface area (Å²) in [5, 5.41) is 23.2. The molecule has 2 unspecified atom stereocenters. The van der Waals surface area contributed by atoms with Crippen molar-refractivity contribution in [1.29, 1.82) is 0 Å². The number of nitrogens with zero attached hydrogens (tertiary/aromatic N) is 4. The van der Waals surface area contributed by atoms with Crippen LogP contribution in [0.2, 0.25) is 0 Å². The summed E-state index contributed by atoms with van der Waals surface area (Å²) in [7, 11) is 0. The van der Waals surface area contributed by atoms with Crippen LogP contribution < -0.4 is 5.32 Å². The normalized spacial score (nSPS) is 16.5. The zero-order valence-electron chi connectivity index (χ0n) is 26.8. The van der Waals surface area contributed by atoms with Crippen LogP contribution in [0.1, 0.15) is 71.3 Å². The highest BCUT2D eigenvalue weighted by Gasteiger charge is 2.27. The number of hydrogen-bond acceptors (Lipinski definition) is 10. The van der Waals surface area contributed by atoms with Gasteiger partial charge in [-0.3, -0.25) is 19.4 Å². The summed E-state index contributed by atoms with van der Waals surface area (Å²) >= 11 is 2.90. The Morgan fingerprint density at radius 1 is 0.826 bits per heavy atom. The number of thiazole rings is 2. The zero-order valence-corrected chi connectivity index (χ0v) is 28.4. The van der Waals surface area contributed by atoms with Gasteiger partial charge in [-0.05, 0) is 61.6 Å². The molecule has 4 heterocycles. The van der Waals surface area contributed by atoms with E-state index in [4.69, 9.17) is 4.98 Å². The standard InChI is InChI=1S/C35H41N5O4S2/c1-20(18-41)39-13-11-28-31(16-39)45-34(37-28)30(43)15-24-7-5-8-25(22(24)3)26-9-6-10-27(23(26)4)36-33(44)35-38-29-12-14-40(21(2)19-42)17-32(29)46-35/h5-10,20-21,41-42H,11-19H2,1-4H3,(H,36,44). The van der Waals surface area contributed by atoms with Crippen LogP contribution in [0.5, 0.6) is 0 Å². The molecule has 0 saturated heterocycles. The minimum absolute atomic E-state index is 0.0132. The molecule has 9 nitrogen and oxygen atoms in total. The molecule has 0 spiro atoms. The lowest BCUT2D eigenvalue weighted by atomic mass is 9.91. The van der Waals surface area contributed by atoms with E-state index in [9.17, 15) is 19.8 Å². The predicted octanol–water partition coefficient (Wildman–Crippen LogP) is 5.04. The zero-order chi connectivity index (χ0) is 32.5. The van der Waals surface area contributed by atoms with Gasteiger partial charge in [0, 0.05) is 73.0 Å². The van der Waals surface area contributed by atoms with Gasteiger partial charge in [-0.25, -0.2) is 9.97 Å². The Kier molecular flexibility index (Phi) is 9.79. The minimum atomic E-state index is -0.224. The largest absolute Gasteiger partial charge is 0.395 e. The molecule has 3 N–H and O–H groups in total. The molecule has 2 aliphatic heterocycles. The van der Waals surface area contributed by atoms with Gasteiger partial charge in [-0.15, -0.1) is 22.7 Å². The highest BCUT2D eigenvalue weighted by Crippen LogP contribution is 2.34. The average Bonchev–Trinajstić information content (AvgIpc) is 3.70. The number of benzene rings is 2. The number of ketones is 1. The quantitative estimate of drug-likeness (QED) is 0.203. The number of anilines is 1. The maximum atomic E-state index is 13.4. The molecule has 0 radical (unpaired) electrons. The van der Waals surface area contributed by atoms with Crippen molar-refractivity contribution in [3.63, 3.8) is 0 Å². The molecule has 0 bridgehead atoms. The SMILES string of the molecule is Cc1c(CC(=O)c2nc3c(s2)CN(C(C)CO)CC3)cccc1-c1cccc(NC(=O)c2nc3c(s2)CN(C(C)CO)CC3)c1C. The lowest BCUT2D eigenvalue weighted by Gasteiger charge is -2.30. The van der Waals surface area contributed by atoms with E-state index in [0.717, 1.165) is 87.1 Å². The van der Waals surface area contributed by atoms with E-state index in [2.05, 4.69) is 26.2 Å². The molecule has 2 aromatic heterocycles. The number of aliphatic hydroxyl groups is 2. The van der Waals surface area contributed by atoms with Gasteiger partial charge in [-0.2, -0.15) is 0 Å². The fourth-order valence-electron chi connectivity index (χ4n) is 6.28. The number of carbonyl (C=O) groups excluding carboxylic acids is 2. The third kappa shape index (κ3) is 6.58. The summed E-state index contributed by atoms with van der Waals surface area (Å²) in [6.07, 6.45) is 1.82. The summed E-state index contributed by atoms with van der Waals surface area (Å²) in [6, 6.07) is 12.1. The number of aliphatic hydroxyl groups excluding tert-OH is 2. The first-order valence-corrected chi connectivity index (χ1v) is 17.5. The Labute approximate surface area is 277 Å². The lowest BCUT2D eigenvalue weighted by Crippen LogP contribution is -2.39. The molecule has 4 aromatic rings. The maximum Gasteiger partial charge on any atom is 0.284 e. The molecule has 1 amide bonds. The molecule has 242 valence electrons. The third-order valence-electron chi connectivity index (χ3n) is 9.40. The Hall–Kier alpha value is -3.32. The number of carbonyl (C=O) groups is 2. The highest BCUT2D eigenvalue weighted by atomic mass is 32.1. The van der Waals surface area contributed by atoms with Crippen molar-refractivity contribution >= 4 is 40.1 Å². The average molecular weight is 660 g/mol. The smallest absolute Gasteiger partial charge is 0.284 e. The van der Waals surface area contributed by atoms with Crippen molar-refractivity contribution in [3.8, 4) is 11.1 Å². The number of nitrogens with one attached hydrogen (secondary N) is 1. The summed E-state index contributed by atoms with van der Waals surface area (Å²) in [4.78, 5) is 42.8. The number of fused-ring (bicyclic) bond motifs is 2. The van der Waals surface area contributed by atoms with Crippen LogP contribution in [0.3, 0.4) is 0 Å². The van der Waals surface area contributed by atoms with E-state index in [1.54, 1.807) is 0 Å². The second-order valence-corrected chi connectivity index (χ2v) is 14.6. The molecule has 0 aliphatic carbocycles. The van der Waals surface area contributed by atoms with Gasteiger partial charge in [0.15, 0.2) is 15.8 Å². The monoisotopic (exact) mass is 659 g/mol. The van der Waals surface area contributed by atoms with Crippen molar-refractivity contribution in [1.82, 2.24) is 19.8 Å². The first kappa shape index (κ1) is 32.6. The fraction of sp³-hybridized carbons (Fsp3) is 0.429. The van der Waals surface area contributed by atoms with Crippen molar-refractivity contribution in [3.05, 3.63) is 84.2 Å². The van der Waals surface area contributed by atoms with Crippen LogP contribution in [0.4, 0.5) is 5.69 Å². The topological polar surface area (TPSA) is 119 Å². The van der Waals surface area contributed by atoms with Crippen molar-refractivity contribution in [2.45, 2.75) is 72.1 Å². The van der Waals surface area contributed by atoms with Gasteiger partial charge in [0.25, 0.3) is 5.91 Å². The van der Waals surface area contributed by atoms with E-state index in [0.29, 0.717) is 16.6 Å². The Bertz CT molecular complexity index is 1640. The molecule has 2 aromatic carbocycles. The summed E-state index contributed by atoms with van der Waals surface area (Å²) in [5.41, 5.74) is 7.66. The molecule has 6 rings (SSSR count). The first-order valence-electron chi connectivity index (χ1n) is 15.9. The molecule has 0 saturated carbocycles. The fourth-order valence-corrected chi connectivity index (χ4v) is 8.38. The molecular formula is C35H41N5O4S2. The van der Waals surface area contributed by atoms with Crippen molar-refractivity contribution in [2.24, 2.45) is 0 Å². The number of aromatic nitrogens is 2. The van der Waals surface area contributed by atoms with E-state index in [1.165, 1.54) is 22.7 Å². The maximum absolute atomic E-state index is 13.4. The second kappa shape index (κ2) is 13.8. The third-order valence-corrected chi connectivity index (χ3v) is 11.6. The molecular weight excluding hydrogens is 619 g/mol. The highest BCUT2D eigenvalue weighted by molar-refractivity contribution is 7.14. The molecule has 0 fully saturated rings. The first-order chi connectivity index (χ1) is 22.2. The van der Waals surface area contributed by atoms with Gasteiger partial charge >= 0.3 is 0 Å². The summed E-state index contributed by atoms with van der Waals surface area (Å²) < 4.78 is 0. The van der Waals surface area contributed by atoms with Gasteiger partial charge < -0.3 is 15.5 Å². The molecule has 2 aliphatic rings. The number of Topliss-reactive ketones (excluding diaryl/α,β-unsaturated/α-hetero) is 1. The lowest BCUT2D eigenvalue weighted by molar-refractivity contribution is 0.0990. The van der Waals surface area contributed by atoms with Gasteiger partial charge in [-0.1, -0.05) is 30.3 Å². The predicted molar refractivity (Wildman–Crippen MR) is 183 cm³/mol. The second-order valence-electron chi connectivity index (χ2n) is 12.4.